The molecule has 0 spiro atoms. The molecule has 1 aromatic rings. The van der Waals surface area contributed by atoms with Gasteiger partial charge >= 0.3 is 0 Å². The molecular weight excluding hydrogens is 290 g/mol. The van der Waals surface area contributed by atoms with Crippen molar-refractivity contribution >= 4 is 5.91 Å². The molecule has 0 bridgehead atoms. The maximum absolute atomic E-state index is 12.4. The van der Waals surface area contributed by atoms with Gasteiger partial charge in [-0.25, -0.2) is 0 Å². The quantitative estimate of drug-likeness (QED) is 0.870. The minimum absolute atomic E-state index is 0.0422. The average Bonchev–Trinajstić information content (AvgIpc) is 3.04. The Kier molecular flexibility index (Phi) is 5.30. The van der Waals surface area contributed by atoms with Gasteiger partial charge < -0.3 is 15.6 Å². The van der Waals surface area contributed by atoms with Crippen molar-refractivity contribution in [3.63, 3.8) is 0 Å². The molecule has 6 nitrogen and oxygen atoms in total. The van der Waals surface area contributed by atoms with Crippen LogP contribution in [0.4, 0.5) is 0 Å². The molecule has 1 aliphatic carbocycles. The van der Waals surface area contributed by atoms with Gasteiger partial charge in [-0.1, -0.05) is 19.8 Å². The predicted octanol–water partition coefficient (Wildman–Crippen LogP) is 2.09. The summed E-state index contributed by atoms with van der Waals surface area (Å²) in [6, 6.07) is 0.143. The van der Waals surface area contributed by atoms with Gasteiger partial charge in [-0.2, -0.15) is 0 Å². The van der Waals surface area contributed by atoms with Gasteiger partial charge in [-0.15, -0.1) is 10.2 Å². The highest BCUT2D eigenvalue weighted by Gasteiger charge is 2.28. The fourth-order valence-corrected chi connectivity index (χ4v) is 3.92. The second kappa shape index (κ2) is 7.43. The minimum Gasteiger partial charge on any atom is -0.346 e. The van der Waals surface area contributed by atoms with Crippen LogP contribution in [0.3, 0.4) is 0 Å². The molecule has 1 amide bonds. The van der Waals surface area contributed by atoms with Crippen LogP contribution < -0.4 is 11.1 Å². The summed E-state index contributed by atoms with van der Waals surface area (Å²) >= 11 is 0. The number of hydrogen-bond donors (Lipinski definition) is 2. The van der Waals surface area contributed by atoms with Crippen molar-refractivity contribution in [1.82, 2.24) is 20.1 Å². The van der Waals surface area contributed by atoms with Crippen molar-refractivity contribution in [2.24, 2.45) is 11.7 Å². The molecule has 0 saturated heterocycles. The lowest BCUT2D eigenvalue weighted by Gasteiger charge is -2.20. The van der Waals surface area contributed by atoms with Crippen LogP contribution in [-0.2, 0) is 17.8 Å². The van der Waals surface area contributed by atoms with E-state index < -0.39 is 0 Å². The molecule has 3 atom stereocenters. The van der Waals surface area contributed by atoms with Crippen molar-refractivity contribution in [3.05, 3.63) is 11.6 Å². The Hall–Kier alpha value is -1.43. The van der Waals surface area contributed by atoms with Crippen molar-refractivity contribution in [2.45, 2.75) is 83.3 Å². The Morgan fingerprint density at radius 2 is 2.17 bits per heavy atom. The van der Waals surface area contributed by atoms with Crippen LogP contribution in [-0.4, -0.2) is 26.7 Å². The second-order valence-electron chi connectivity index (χ2n) is 7.02. The van der Waals surface area contributed by atoms with Crippen LogP contribution in [0.2, 0.25) is 0 Å². The van der Waals surface area contributed by atoms with Gasteiger partial charge in [0.1, 0.15) is 5.82 Å². The largest absolute Gasteiger partial charge is 0.346 e. The van der Waals surface area contributed by atoms with Gasteiger partial charge in [-0.05, 0) is 38.0 Å². The summed E-state index contributed by atoms with van der Waals surface area (Å²) in [4.78, 5) is 12.4. The number of aromatic nitrogens is 3. The van der Waals surface area contributed by atoms with E-state index in [1.165, 1.54) is 19.3 Å². The molecule has 2 heterocycles. The zero-order valence-electron chi connectivity index (χ0n) is 14.1. The Bertz CT molecular complexity index is 541. The lowest BCUT2D eigenvalue weighted by Crippen LogP contribution is -2.34. The van der Waals surface area contributed by atoms with Gasteiger partial charge in [0.25, 0.3) is 0 Å². The molecule has 1 fully saturated rings. The Morgan fingerprint density at radius 3 is 2.91 bits per heavy atom. The third kappa shape index (κ3) is 3.74. The molecule has 23 heavy (non-hydrogen) atoms. The summed E-state index contributed by atoms with van der Waals surface area (Å²) in [5.41, 5.74) is 6.09. The number of nitrogens with one attached hydrogen (secondary N) is 1. The molecule has 128 valence electrons. The topological polar surface area (TPSA) is 85.8 Å². The van der Waals surface area contributed by atoms with Crippen molar-refractivity contribution < 1.29 is 4.79 Å². The summed E-state index contributed by atoms with van der Waals surface area (Å²) in [5, 5.41) is 11.9. The van der Waals surface area contributed by atoms with Crippen LogP contribution >= 0.6 is 0 Å². The molecule has 6 heteroatoms. The number of aryl methyl sites for hydroxylation is 1. The Labute approximate surface area is 138 Å². The van der Waals surface area contributed by atoms with E-state index in [1.807, 2.05) is 0 Å². The van der Waals surface area contributed by atoms with Crippen LogP contribution in [0, 0.1) is 5.92 Å². The maximum atomic E-state index is 12.4. The summed E-state index contributed by atoms with van der Waals surface area (Å²) in [6.45, 7) is 3.06. The molecule has 2 aliphatic rings. The molecule has 0 aromatic carbocycles. The molecule has 0 radical (unpaired) electrons. The van der Waals surface area contributed by atoms with Gasteiger partial charge in [0.05, 0.1) is 6.04 Å². The number of fused-ring (bicyclic) bond motifs is 1. The van der Waals surface area contributed by atoms with Crippen molar-refractivity contribution in [3.8, 4) is 0 Å². The second-order valence-corrected chi connectivity index (χ2v) is 7.02. The molecule has 1 unspecified atom stereocenters. The van der Waals surface area contributed by atoms with E-state index in [0.29, 0.717) is 12.3 Å². The fourth-order valence-electron chi connectivity index (χ4n) is 3.92. The SMILES string of the molecule is CCC(NC(=O)C[C@@H]1CCC[C@H]1N)c1nnc2n1CCCCC2. The summed E-state index contributed by atoms with van der Waals surface area (Å²) in [7, 11) is 0. The van der Waals surface area contributed by atoms with Gasteiger partial charge in [0.15, 0.2) is 5.82 Å². The van der Waals surface area contributed by atoms with Crippen LogP contribution in [0.15, 0.2) is 0 Å². The van der Waals surface area contributed by atoms with Crippen LogP contribution in [0.5, 0.6) is 0 Å². The van der Waals surface area contributed by atoms with Crippen LogP contribution in [0.25, 0.3) is 0 Å². The Morgan fingerprint density at radius 1 is 1.30 bits per heavy atom. The number of rotatable bonds is 5. The summed E-state index contributed by atoms with van der Waals surface area (Å²) in [5.74, 6) is 2.43. The highest BCUT2D eigenvalue weighted by atomic mass is 16.1. The highest BCUT2D eigenvalue weighted by Crippen LogP contribution is 2.27. The molecule has 1 aromatic heterocycles. The zero-order chi connectivity index (χ0) is 16.2. The molecule has 1 saturated carbocycles. The first-order valence-corrected chi connectivity index (χ1v) is 9.16. The first-order chi connectivity index (χ1) is 11.2. The standard InChI is InChI=1S/C17H29N5O/c1-2-14(19-16(23)11-12-7-6-8-13(12)18)17-21-20-15-9-4-3-5-10-22(15)17/h12-14H,2-11,18H2,1H3,(H,19,23)/t12-,13+,14?/m0/s1. The minimum atomic E-state index is -0.0422. The van der Waals surface area contributed by atoms with E-state index in [0.717, 1.165) is 50.3 Å². The van der Waals surface area contributed by atoms with E-state index in [9.17, 15) is 4.79 Å². The maximum Gasteiger partial charge on any atom is 0.220 e. The van der Waals surface area contributed by atoms with E-state index >= 15 is 0 Å². The van der Waals surface area contributed by atoms with E-state index in [1.54, 1.807) is 0 Å². The molecule has 1 aliphatic heterocycles. The normalized spacial score (nSPS) is 25.7. The number of nitrogens with two attached hydrogens (primary N) is 1. The van der Waals surface area contributed by atoms with E-state index in [2.05, 4.69) is 27.0 Å². The molecule has 3 N–H and O–H groups in total. The zero-order valence-corrected chi connectivity index (χ0v) is 14.1. The summed E-state index contributed by atoms with van der Waals surface area (Å²) < 4.78 is 2.22. The lowest BCUT2D eigenvalue weighted by molar-refractivity contribution is -0.123. The Balaban J connectivity index is 1.65. The first kappa shape index (κ1) is 16.4. The monoisotopic (exact) mass is 319 g/mol. The van der Waals surface area contributed by atoms with Gasteiger partial charge in [-0.3, -0.25) is 4.79 Å². The number of amides is 1. The molecular formula is C17H29N5O. The van der Waals surface area contributed by atoms with E-state index in [4.69, 9.17) is 5.73 Å². The average molecular weight is 319 g/mol. The van der Waals surface area contributed by atoms with Gasteiger partial charge in [0, 0.05) is 25.4 Å². The van der Waals surface area contributed by atoms with Crippen LogP contribution in [0.1, 0.15) is 76.0 Å². The first-order valence-electron chi connectivity index (χ1n) is 9.16. The smallest absolute Gasteiger partial charge is 0.220 e. The van der Waals surface area contributed by atoms with E-state index in [-0.39, 0.29) is 18.0 Å². The highest BCUT2D eigenvalue weighted by molar-refractivity contribution is 5.76. The third-order valence-corrected chi connectivity index (χ3v) is 5.36. The number of carbonyl (C=O) groups is 1. The van der Waals surface area contributed by atoms with Crippen molar-refractivity contribution in [1.29, 1.82) is 0 Å². The third-order valence-electron chi connectivity index (χ3n) is 5.36. The lowest BCUT2D eigenvalue weighted by atomic mass is 9.99. The van der Waals surface area contributed by atoms with Gasteiger partial charge in [0.2, 0.25) is 5.91 Å². The number of hydrogen-bond acceptors (Lipinski definition) is 4. The summed E-state index contributed by atoms with van der Waals surface area (Å²) in [6.07, 6.45) is 9.23. The number of carbonyl (C=O) groups excluding carboxylic acids is 1. The number of nitrogens with zero attached hydrogens (tertiary/aromatic N) is 3. The molecule has 3 rings (SSSR count). The fraction of sp³-hybridized carbons (Fsp3) is 0.824. The predicted molar refractivity (Wildman–Crippen MR) is 88.7 cm³/mol. The van der Waals surface area contributed by atoms with Crippen molar-refractivity contribution in [2.75, 3.05) is 0 Å².